The Morgan fingerprint density at radius 3 is 2.00 bits per heavy atom. The van der Waals surface area contributed by atoms with E-state index >= 15 is 0 Å². The predicted octanol–water partition coefficient (Wildman–Crippen LogP) is 3.37. The third kappa shape index (κ3) is 1.81. The van der Waals surface area contributed by atoms with Gasteiger partial charge in [0.05, 0.1) is 0 Å². The molecule has 2 atom stereocenters. The van der Waals surface area contributed by atoms with Crippen LogP contribution in [0.4, 0.5) is 0 Å². The van der Waals surface area contributed by atoms with Gasteiger partial charge in [-0.25, -0.2) is 0 Å². The van der Waals surface area contributed by atoms with E-state index in [1.807, 2.05) is 0 Å². The van der Waals surface area contributed by atoms with E-state index < -0.39 is 0 Å². The first-order chi connectivity index (χ1) is 8.40. The monoisotopic (exact) mass is 227 g/mol. The molecule has 0 aromatic heterocycles. The van der Waals surface area contributed by atoms with Crippen LogP contribution in [0.2, 0.25) is 0 Å². The summed E-state index contributed by atoms with van der Waals surface area (Å²) in [7, 11) is 0. The molecule has 2 aliphatic carbocycles. The van der Waals surface area contributed by atoms with Crippen molar-refractivity contribution < 1.29 is 0 Å². The lowest BCUT2D eigenvalue weighted by atomic mass is 9.78. The van der Waals surface area contributed by atoms with E-state index in [0.717, 1.165) is 17.8 Å². The SMILES string of the molecule is c1ccc2c(c1)C1CCC2CN(CC2CC2)C1. The van der Waals surface area contributed by atoms with Gasteiger partial charge in [-0.05, 0) is 54.6 Å². The molecule has 0 radical (unpaired) electrons. The maximum atomic E-state index is 2.76. The fraction of sp³-hybridized carbons (Fsp3) is 0.625. The van der Waals surface area contributed by atoms with E-state index in [-0.39, 0.29) is 0 Å². The van der Waals surface area contributed by atoms with Gasteiger partial charge >= 0.3 is 0 Å². The summed E-state index contributed by atoms with van der Waals surface area (Å²) in [6.07, 6.45) is 5.81. The van der Waals surface area contributed by atoms with Crippen molar-refractivity contribution in [2.24, 2.45) is 5.92 Å². The van der Waals surface area contributed by atoms with Gasteiger partial charge < -0.3 is 4.90 Å². The van der Waals surface area contributed by atoms with Crippen molar-refractivity contribution in [3.8, 4) is 0 Å². The van der Waals surface area contributed by atoms with Gasteiger partial charge in [0.25, 0.3) is 0 Å². The molecule has 2 heterocycles. The molecule has 17 heavy (non-hydrogen) atoms. The Morgan fingerprint density at radius 2 is 1.47 bits per heavy atom. The van der Waals surface area contributed by atoms with E-state index in [9.17, 15) is 0 Å². The second kappa shape index (κ2) is 3.84. The third-order valence-corrected chi connectivity index (χ3v) is 4.91. The minimum absolute atomic E-state index is 0.823. The van der Waals surface area contributed by atoms with Gasteiger partial charge in [-0.2, -0.15) is 0 Å². The maximum Gasteiger partial charge on any atom is 0.00507 e. The molecule has 0 N–H and O–H groups in total. The first-order valence-electron chi connectivity index (χ1n) is 7.21. The highest BCUT2D eigenvalue weighted by Gasteiger charge is 2.35. The Morgan fingerprint density at radius 1 is 0.882 bits per heavy atom. The van der Waals surface area contributed by atoms with Crippen molar-refractivity contribution in [1.29, 1.82) is 0 Å². The van der Waals surface area contributed by atoms with Crippen LogP contribution in [0.3, 0.4) is 0 Å². The van der Waals surface area contributed by atoms with Crippen molar-refractivity contribution in [3.05, 3.63) is 35.4 Å². The number of hydrogen-bond donors (Lipinski definition) is 0. The molecule has 1 aromatic rings. The second-order valence-corrected chi connectivity index (χ2v) is 6.26. The summed E-state index contributed by atoms with van der Waals surface area (Å²) < 4.78 is 0. The number of fused-ring (bicyclic) bond motifs is 3. The van der Waals surface area contributed by atoms with Crippen LogP contribution >= 0.6 is 0 Å². The molecule has 2 fully saturated rings. The van der Waals surface area contributed by atoms with E-state index in [2.05, 4.69) is 29.2 Å². The highest BCUT2D eigenvalue weighted by Crippen LogP contribution is 2.43. The lowest BCUT2D eigenvalue weighted by Gasteiger charge is -2.26. The fourth-order valence-corrected chi connectivity index (χ4v) is 3.86. The highest BCUT2D eigenvalue weighted by atomic mass is 15.1. The molecule has 1 heteroatoms. The Kier molecular flexibility index (Phi) is 2.29. The highest BCUT2D eigenvalue weighted by molar-refractivity contribution is 5.37. The minimum atomic E-state index is 0.823. The van der Waals surface area contributed by atoms with Crippen LogP contribution in [-0.4, -0.2) is 24.5 Å². The van der Waals surface area contributed by atoms with Crippen LogP contribution < -0.4 is 0 Å². The third-order valence-electron chi connectivity index (χ3n) is 4.91. The zero-order valence-electron chi connectivity index (χ0n) is 10.4. The molecular weight excluding hydrogens is 206 g/mol. The smallest absolute Gasteiger partial charge is 0.00507 e. The average molecular weight is 227 g/mol. The normalized spacial score (nSPS) is 32.2. The first-order valence-corrected chi connectivity index (χ1v) is 7.21. The lowest BCUT2D eigenvalue weighted by Crippen LogP contribution is -2.29. The van der Waals surface area contributed by atoms with Crippen molar-refractivity contribution in [1.82, 2.24) is 4.90 Å². The molecule has 1 saturated carbocycles. The molecule has 4 aliphatic rings. The van der Waals surface area contributed by atoms with Gasteiger partial charge in [0.15, 0.2) is 0 Å². The van der Waals surface area contributed by atoms with Crippen molar-refractivity contribution in [3.63, 3.8) is 0 Å². The first kappa shape index (κ1) is 10.1. The van der Waals surface area contributed by atoms with Gasteiger partial charge in [0.2, 0.25) is 0 Å². The zero-order chi connectivity index (χ0) is 11.2. The predicted molar refractivity (Wildman–Crippen MR) is 70.3 cm³/mol. The lowest BCUT2D eigenvalue weighted by molar-refractivity contribution is 0.260. The van der Waals surface area contributed by atoms with E-state index in [0.29, 0.717) is 0 Å². The summed E-state index contributed by atoms with van der Waals surface area (Å²) in [6.45, 7) is 4.02. The second-order valence-electron chi connectivity index (χ2n) is 6.26. The van der Waals surface area contributed by atoms with Crippen LogP contribution in [-0.2, 0) is 0 Å². The number of nitrogens with zero attached hydrogens (tertiary/aromatic N) is 1. The number of hydrogen-bond acceptors (Lipinski definition) is 1. The molecule has 1 nitrogen and oxygen atoms in total. The summed E-state index contributed by atoms with van der Waals surface area (Å²) in [5.41, 5.74) is 3.34. The van der Waals surface area contributed by atoms with Gasteiger partial charge in [-0.1, -0.05) is 24.3 Å². The topological polar surface area (TPSA) is 3.24 Å². The Hall–Kier alpha value is -0.820. The van der Waals surface area contributed by atoms with Crippen molar-refractivity contribution in [2.45, 2.75) is 37.5 Å². The van der Waals surface area contributed by atoms with Gasteiger partial charge in [0.1, 0.15) is 0 Å². The molecule has 5 rings (SSSR count). The largest absolute Gasteiger partial charge is 0.302 e. The van der Waals surface area contributed by atoms with E-state index in [1.165, 1.54) is 45.3 Å². The summed E-state index contributed by atoms with van der Waals surface area (Å²) in [6, 6.07) is 9.22. The standard InChI is InChI=1S/C16H21N/c1-2-4-16-14-8-7-13(15(16)3-1)10-17(11-14)9-12-5-6-12/h1-4,12-14H,5-11H2. The molecule has 2 aliphatic heterocycles. The van der Waals surface area contributed by atoms with Crippen LogP contribution in [0.1, 0.15) is 48.6 Å². The molecule has 0 amide bonds. The quantitative estimate of drug-likeness (QED) is 0.748. The molecule has 1 aromatic carbocycles. The van der Waals surface area contributed by atoms with E-state index in [1.54, 1.807) is 11.1 Å². The Balaban J connectivity index is 1.64. The molecule has 90 valence electrons. The Bertz CT molecular complexity index is 388. The average Bonchev–Trinajstić information content (AvgIpc) is 3.17. The maximum absolute atomic E-state index is 2.76. The summed E-state index contributed by atoms with van der Waals surface area (Å²) >= 11 is 0. The van der Waals surface area contributed by atoms with Crippen LogP contribution in [0.15, 0.2) is 24.3 Å². The summed E-state index contributed by atoms with van der Waals surface area (Å²) in [4.78, 5) is 2.76. The fourth-order valence-electron chi connectivity index (χ4n) is 3.86. The molecule has 2 bridgehead atoms. The number of rotatable bonds is 2. The van der Waals surface area contributed by atoms with E-state index in [4.69, 9.17) is 0 Å². The molecular formula is C16H21N. The summed E-state index contributed by atoms with van der Waals surface area (Å²) in [5, 5.41) is 0. The van der Waals surface area contributed by atoms with Crippen LogP contribution in [0.25, 0.3) is 0 Å². The number of benzene rings is 1. The van der Waals surface area contributed by atoms with Crippen LogP contribution in [0, 0.1) is 5.92 Å². The zero-order valence-corrected chi connectivity index (χ0v) is 10.4. The van der Waals surface area contributed by atoms with Crippen LogP contribution in [0.5, 0.6) is 0 Å². The van der Waals surface area contributed by atoms with Crippen molar-refractivity contribution in [2.75, 3.05) is 19.6 Å². The summed E-state index contributed by atoms with van der Waals surface area (Å²) in [5.74, 6) is 2.68. The van der Waals surface area contributed by atoms with Gasteiger partial charge in [0, 0.05) is 19.6 Å². The van der Waals surface area contributed by atoms with Gasteiger partial charge in [-0.15, -0.1) is 0 Å². The molecule has 0 spiro atoms. The Labute approximate surface area is 104 Å². The van der Waals surface area contributed by atoms with Gasteiger partial charge in [-0.3, -0.25) is 0 Å². The minimum Gasteiger partial charge on any atom is -0.302 e. The molecule has 2 unspecified atom stereocenters. The molecule has 1 saturated heterocycles. The van der Waals surface area contributed by atoms with Crippen molar-refractivity contribution >= 4 is 0 Å².